The van der Waals surface area contributed by atoms with Crippen LogP contribution in [0.2, 0.25) is 0 Å². The normalized spacial score (nSPS) is 13.1. The van der Waals surface area contributed by atoms with Crippen LogP contribution in [0.3, 0.4) is 0 Å². The molecule has 0 aliphatic heterocycles. The van der Waals surface area contributed by atoms with Crippen LogP contribution in [0.1, 0.15) is 97.0 Å². The number of aryl methyl sites for hydroxylation is 1. The third-order valence-corrected chi connectivity index (χ3v) is 5.86. The number of methoxy groups -OCH3 is 1. The van der Waals surface area contributed by atoms with Gasteiger partial charge in [-0.3, -0.25) is 0 Å². The van der Waals surface area contributed by atoms with Gasteiger partial charge in [-0.15, -0.1) is 0 Å². The zero-order valence-corrected chi connectivity index (χ0v) is 18.0. The van der Waals surface area contributed by atoms with Crippen LogP contribution in [0.25, 0.3) is 0 Å². The molecule has 1 unspecified atom stereocenters. The lowest BCUT2D eigenvalue weighted by atomic mass is 9.82. The largest absolute Gasteiger partial charge is 0.379 e. The number of benzene rings is 1. The Labute approximate surface area is 165 Å². The summed E-state index contributed by atoms with van der Waals surface area (Å²) in [5.74, 6) is -0.392. The first-order chi connectivity index (χ1) is 12.9. The van der Waals surface area contributed by atoms with Gasteiger partial charge >= 0.3 is 0 Å². The van der Waals surface area contributed by atoms with Gasteiger partial charge in [-0.1, -0.05) is 58.3 Å². The highest BCUT2D eigenvalue weighted by atomic mass is 19.1. The molecule has 0 saturated heterocycles. The molecule has 0 spiro atoms. The van der Waals surface area contributed by atoms with E-state index in [9.17, 15) is 8.78 Å². The van der Waals surface area contributed by atoms with E-state index < -0.39 is 11.6 Å². The van der Waals surface area contributed by atoms with Gasteiger partial charge in [-0.05, 0) is 63.1 Å². The molecular formula is C24H40F2O. The highest BCUT2D eigenvalue weighted by Gasteiger charge is 2.28. The Morgan fingerprint density at radius 1 is 0.815 bits per heavy atom. The van der Waals surface area contributed by atoms with Crippen molar-refractivity contribution < 1.29 is 13.5 Å². The minimum absolute atomic E-state index is 0.0882. The molecular weight excluding hydrogens is 342 g/mol. The first kappa shape index (κ1) is 24.1. The highest BCUT2D eigenvalue weighted by Crippen LogP contribution is 2.31. The molecule has 0 radical (unpaired) electrons. The maximum absolute atomic E-state index is 13.2. The lowest BCUT2D eigenvalue weighted by molar-refractivity contribution is -0.0352. The Balaban J connectivity index is 2.31. The maximum atomic E-state index is 13.2. The molecule has 3 heteroatoms. The molecule has 0 heterocycles. The summed E-state index contributed by atoms with van der Waals surface area (Å²) >= 11 is 0. The average Bonchev–Trinajstić information content (AvgIpc) is 2.61. The SMILES string of the molecule is CCCCCCCCC(CCCCCc1cc(F)cc(F)c1)C(C)(C)OC. The molecule has 1 nitrogen and oxygen atoms in total. The quantitative estimate of drug-likeness (QED) is 0.280. The summed E-state index contributed by atoms with van der Waals surface area (Å²) in [5.41, 5.74) is 0.670. The zero-order chi connectivity index (χ0) is 20.1. The Kier molecular flexibility index (Phi) is 11.8. The molecule has 0 saturated carbocycles. The molecule has 0 aliphatic carbocycles. The minimum atomic E-state index is -0.481. The monoisotopic (exact) mass is 382 g/mol. The summed E-state index contributed by atoms with van der Waals surface area (Å²) in [4.78, 5) is 0. The summed E-state index contributed by atoms with van der Waals surface area (Å²) in [6, 6.07) is 3.82. The Morgan fingerprint density at radius 3 is 1.89 bits per heavy atom. The van der Waals surface area contributed by atoms with Gasteiger partial charge in [0, 0.05) is 13.2 Å². The molecule has 1 atom stereocenters. The van der Waals surface area contributed by atoms with Gasteiger partial charge in [0.15, 0.2) is 0 Å². The van der Waals surface area contributed by atoms with Gasteiger partial charge < -0.3 is 4.74 Å². The standard InChI is InChI=1S/C24H40F2O/c1-5-6-7-8-9-12-15-21(24(2,3)27-4)16-13-10-11-14-20-17-22(25)19-23(26)18-20/h17-19,21H,5-16H2,1-4H3. The highest BCUT2D eigenvalue weighted by molar-refractivity contribution is 5.17. The van der Waals surface area contributed by atoms with E-state index in [1.807, 2.05) is 7.11 Å². The molecule has 27 heavy (non-hydrogen) atoms. The Morgan fingerprint density at radius 2 is 1.33 bits per heavy atom. The summed E-state index contributed by atoms with van der Waals surface area (Å²) < 4.78 is 32.2. The van der Waals surface area contributed by atoms with Crippen LogP contribution in [0, 0.1) is 17.6 Å². The molecule has 0 aromatic heterocycles. The third-order valence-electron chi connectivity index (χ3n) is 5.86. The molecule has 0 N–H and O–H groups in total. The van der Waals surface area contributed by atoms with Crippen molar-refractivity contribution in [2.75, 3.05) is 7.11 Å². The second-order valence-electron chi connectivity index (χ2n) is 8.44. The summed E-state index contributed by atoms with van der Waals surface area (Å²) in [5, 5.41) is 0. The number of unbranched alkanes of at least 4 members (excludes halogenated alkanes) is 7. The minimum Gasteiger partial charge on any atom is -0.379 e. The van der Waals surface area contributed by atoms with E-state index in [0.29, 0.717) is 5.92 Å². The smallest absolute Gasteiger partial charge is 0.126 e. The number of rotatable bonds is 15. The topological polar surface area (TPSA) is 9.23 Å². The van der Waals surface area contributed by atoms with Gasteiger partial charge in [-0.2, -0.15) is 0 Å². The van der Waals surface area contributed by atoms with Crippen LogP contribution in [0.4, 0.5) is 8.78 Å². The third kappa shape index (κ3) is 10.2. The van der Waals surface area contributed by atoms with Crippen LogP contribution in [-0.2, 0) is 11.2 Å². The fourth-order valence-corrected chi connectivity index (χ4v) is 3.83. The summed E-state index contributed by atoms with van der Waals surface area (Å²) in [6.07, 6.45) is 14.3. The molecule has 0 fully saturated rings. The van der Waals surface area contributed by atoms with Crippen molar-refractivity contribution in [3.63, 3.8) is 0 Å². The molecule has 0 bridgehead atoms. The van der Waals surface area contributed by atoms with Crippen molar-refractivity contribution in [2.45, 2.75) is 103 Å². The molecule has 156 valence electrons. The average molecular weight is 383 g/mol. The van der Waals surface area contributed by atoms with E-state index in [4.69, 9.17) is 4.74 Å². The predicted molar refractivity (Wildman–Crippen MR) is 111 cm³/mol. The first-order valence-corrected chi connectivity index (χ1v) is 10.9. The summed E-state index contributed by atoms with van der Waals surface area (Å²) in [7, 11) is 1.81. The van der Waals surface area contributed by atoms with Crippen molar-refractivity contribution >= 4 is 0 Å². The van der Waals surface area contributed by atoms with Gasteiger partial charge in [-0.25, -0.2) is 8.78 Å². The van der Waals surface area contributed by atoms with Gasteiger partial charge in [0.2, 0.25) is 0 Å². The molecule has 1 aromatic rings. The van der Waals surface area contributed by atoms with Crippen molar-refractivity contribution in [2.24, 2.45) is 5.92 Å². The number of hydrogen-bond donors (Lipinski definition) is 0. The summed E-state index contributed by atoms with van der Waals surface area (Å²) in [6.45, 7) is 6.65. The fraction of sp³-hybridized carbons (Fsp3) is 0.750. The molecule has 1 aromatic carbocycles. The second-order valence-corrected chi connectivity index (χ2v) is 8.44. The lowest BCUT2D eigenvalue weighted by Crippen LogP contribution is -2.33. The molecule has 0 amide bonds. The first-order valence-electron chi connectivity index (χ1n) is 10.9. The van der Waals surface area contributed by atoms with Crippen LogP contribution in [-0.4, -0.2) is 12.7 Å². The number of ether oxygens (including phenoxy) is 1. The number of hydrogen-bond acceptors (Lipinski definition) is 1. The molecule has 1 rings (SSSR count). The van der Waals surface area contributed by atoms with E-state index in [0.717, 1.165) is 43.7 Å². The van der Waals surface area contributed by atoms with Crippen molar-refractivity contribution in [1.82, 2.24) is 0 Å². The maximum Gasteiger partial charge on any atom is 0.126 e. The van der Waals surface area contributed by atoms with E-state index in [1.165, 1.54) is 57.1 Å². The number of halogens is 2. The fourth-order valence-electron chi connectivity index (χ4n) is 3.83. The second kappa shape index (κ2) is 13.3. The van der Waals surface area contributed by atoms with E-state index >= 15 is 0 Å². The van der Waals surface area contributed by atoms with Crippen LogP contribution >= 0.6 is 0 Å². The lowest BCUT2D eigenvalue weighted by Gasteiger charge is -2.33. The Hall–Kier alpha value is -0.960. The van der Waals surface area contributed by atoms with Gasteiger partial charge in [0.1, 0.15) is 11.6 Å². The van der Waals surface area contributed by atoms with E-state index in [2.05, 4.69) is 20.8 Å². The van der Waals surface area contributed by atoms with Gasteiger partial charge in [0.25, 0.3) is 0 Å². The van der Waals surface area contributed by atoms with Crippen molar-refractivity contribution in [3.05, 3.63) is 35.4 Å². The van der Waals surface area contributed by atoms with E-state index in [-0.39, 0.29) is 5.60 Å². The molecule has 0 aliphatic rings. The van der Waals surface area contributed by atoms with Crippen LogP contribution in [0.5, 0.6) is 0 Å². The van der Waals surface area contributed by atoms with Crippen LogP contribution < -0.4 is 0 Å². The Bertz CT molecular complexity index is 493. The van der Waals surface area contributed by atoms with Crippen LogP contribution in [0.15, 0.2) is 18.2 Å². The van der Waals surface area contributed by atoms with E-state index in [1.54, 1.807) is 0 Å². The van der Waals surface area contributed by atoms with Crippen molar-refractivity contribution in [1.29, 1.82) is 0 Å². The van der Waals surface area contributed by atoms with Gasteiger partial charge in [0.05, 0.1) is 5.60 Å². The van der Waals surface area contributed by atoms with Crippen molar-refractivity contribution in [3.8, 4) is 0 Å². The predicted octanol–water partition coefficient (Wildman–Crippen LogP) is 7.86. The zero-order valence-electron chi connectivity index (χ0n) is 18.0.